The zero-order valence-electron chi connectivity index (χ0n) is 17.8. The summed E-state index contributed by atoms with van der Waals surface area (Å²) in [5, 5.41) is 4.82. The van der Waals surface area contributed by atoms with Crippen molar-refractivity contribution in [2.45, 2.75) is 44.4 Å². The van der Waals surface area contributed by atoms with E-state index in [4.69, 9.17) is 5.73 Å². The van der Waals surface area contributed by atoms with Gasteiger partial charge in [-0.2, -0.15) is 13.2 Å². The molecule has 3 saturated carbocycles. The lowest BCUT2D eigenvalue weighted by Crippen LogP contribution is -2.76. The average molecular weight is 486 g/mol. The number of alkyl halides is 3. The number of amides is 2. The third kappa shape index (κ3) is 3.84. The minimum absolute atomic E-state index is 0.0895. The number of aromatic nitrogens is 1. The Hall–Kier alpha value is -3.31. The van der Waals surface area contributed by atoms with E-state index in [9.17, 15) is 35.9 Å². The van der Waals surface area contributed by atoms with Crippen LogP contribution >= 0.6 is 0 Å². The van der Waals surface area contributed by atoms with Crippen LogP contribution in [0.25, 0.3) is 0 Å². The molecule has 0 aliphatic heterocycles. The van der Waals surface area contributed by atoms with Crippen molar-refractivity contribution in [3.05, 3.63) is 59.2 Å². The van der Waals surface area contributed by atoms with Crippen LogP contribution in [0.3, 0.4) is 0 Å². The smallest absolute Gasteiger partial charge is 0.394 e. The predicted octanol–water partition coefficient (Wildman–Crippen LogP) is 3.79. The zero-order chi connectivity index (χ0) is 25.1. The molecule has 1 heterocycles. The normalized spacial score (nSPS) is 24.9. The predicted molar refractivity (Wildman–Crippen MR) is 108 cm³/mol. The maximum absolute atomic E-state index is 14.1. The van der Waals surface area contributed by atoms with Gasteiger partial charge in [-0.05, 0) is 44.4 Å². The fourth-order valence-electron chi connectivity index (χ4n) is 5.01. The highest BCUT2D eigenvalue weighted by molar-refractivity contribution is 6.01. The first-order valence-corrected chi connectivity index (χ1v) is 10.3. The Morgan fingerprint density at radius 3 is 2.29 bits per heavy atom. The molecule has 0 saturated heterocycles. The molecule has 2 bridgehead atoms. The summed E-state index contributed by atoms with van der Waals surface area (Å²) in [4.78, 5) is 29.5. The number of hydrogen-bond donors (Lipinski definition) is 3. The highest BCUT2D eigenvalue weighted by atomic mass is 19.4. The lowest BCUT2D eigenvalue weighted by molar-refractivity contribution is -0.366. The van der Waals surface area contributed by atoms with E-state index in [1.807, 2.05) is 0 Å². The van der Waals surface area contributed by atoms with Gasteiger partial charge in [0.05, 0.1) is 28.9 Å². The molecule has 182 valence electrons. The van der Waals surface area contributed by atoms with Gasteiger partial charge in [-0.1, -0.05) is 0 Å². The third-order valence-electron chi connectivity index (χ3n) is 6.69. The van der Waals surface area contributed by atoms with Crippen molar-refractivity contribution < 1.29 is 35.9 Å². The third-order valence-corrected chi connectivity index (χ3v) is 6.69. The van der Waals surface area contributed by atoms with Gasteiger partial charge in [-0.15, -0.1) is 0 Å². The molecule has 4 N–H and O–H groups in total. The molecule has 0 spiro atoms. The highest BCUT2D eigenvalue weighted by Gasteiger charge is 2.81. The van der Waals surface area contributed by atoms with E-state index in [1.165, 1.54) is 6.92 Å². The van der Waals surface area contributed by atoms with E-state index in [1.54, 1.807) is 0 Å². The lowest BCUT2D eigenvalue weighted by Gasteiger charge is -2.72. The first-order chi connectivity index (χ1) is 15.8. The Bertz CT molecular complexity index is 1150. The van der Waals surface area contributed by atoms with Gasteiger partial charge in [0.15, 0.2) is 0 Å². The van der Waals surface area contributed by atoms with Gasteiger partial charge in [-0.3, -0.25) is 14.6 Å². The minimum atomic E-state index is -4.46. The molecule has 3 aliphatic rings. The quantitative estimate of drug-likeness (QED) is 0.428. The molecule has 0 radical (unpaired) electrons. The van der Waals surface area contributed by atoms with Crippen LogP contribution in [0.5, 0.6) is 0 Å². The van der Waals surface area contributed by atoms with Crippen LogP contribution in [0, 0.1) is 28.3 Å². The van der Waals surface area contributed by atoms with E-state index >= 15 is 0 Å². The molecule has 1 aromatic carbocycles. The van der Waals surface area contributed by atoms with Gasteiger partial charge in [-0.25, -0.2) is 13.2 Å². The first-order valence-electron chi connectivity index (χ1n) is 10.3. The summed E-state index contributed by atoms with van der Waals surface area (Å²) < 4.78 is 80.9. The summed E-state index contributed by atoms with van der Waals surface area (Å²) in [6.45, 7) is 1.35. The van der Waals surface area contributed by atoms with Crippen molar-refractivity contribution in [1.29, 1.82) is 0 Å². The van der Waals surface area contributed by atoms with Crippen molar-refractivity contribution in [2.75, 3.05) is 5.73 Å². The van der Waals surface area contributed by atoms with Crippen LogP contribution in [-0.4, -0.2) is 29.0 Å². The molecule has 2 amide bonds. The van der Waals surface area contributed by atoms with Crippen LogP contribution in [0.4, 0.5) is 32.0 Å². The Morgan fingerprint density at radius 1 is 1.06 bits per heavy atom. The number of halogens is 6. The maximum Gasteiger partial charge on any atom is 0.394 e. The molecule has 2 atom stereocenters. The number of rotatable bonds is 6. The van der Waals surface area contributed by atoms with Crippen molar-refractivity contribution in [3.8, 4) is 0 Å². The molecular formula is C22H20F6N4O2. The Labute approximate surface area is 189 Å². The van der Waals surface area contributed by atoms with Gasteiger partial charge in [0.2, 0.25) is 5.91 Å². The molecule has 12 heteroatoms. The molecule has 5 rings (SSSR count). The van der Waals surface area contributed by atoms with Gasteiger partial charge < -0.3 is 16.4 Å². The zero-order valence-corrected chi connectivity index (χ0v) is 17.8. The van der Waals surface area contributed by atoms with E-state index in [-0.39, 0.29) is 36.2 Å². The summed E-state index contributed by atoms with van der Waals surface area (Å²) in [7, 11) is 0. The number of carbonyl (C=O) groups is 2. The van der Waals surface area contributed by atoms with Gasteiger partial charge in [0, 0.05) is 17.2 Å². The number of benzene rings is 1. The van der Waals surface area contributed by atoms with Gasteiger partial charge in [0.1, 0.15) is 23.5 Å². The number of nitrogens with one attached hydrogen (secondary N) is 2. The summed E-state index contributed by atoms with van der Waals surface area (Å²) in [5.41, 5.74) is 1.96. The molecule has 1 aromatic heterocycles. The van der Waals surface area contributed by atoms with Crippen LogP contribution in [0.1, 0.15) is 48.3 Å². The second kappa shape index (κ2) is 7.88. The number of anilines is 1. The second-order valence-electron chi connectivity index (χ2n) is 9.06. The lowest BCUT2D eigenvalue weighted by atomic mass is 9.32. The van der Waals surface area contributed by atoms with E-state index in [2.05, 4.69) is 15.6 Å². The summed E-state index contributed by atoms with van der Waals surface area (Å²) >= 11 is 0. The fourth-order valence-corrected chi connectivity index (χ4v) is 5.01. The van der Waals surface area contributed by atoms with Crippen LogP contribution in [-0.2, 0) is 4.79 Å². The number of pyridine rings is 1. The number of nitrogens with two attached hydrogens (primary N) is 1. The van der Waals surface area contributed by atoms with E-state index in [0.717, 1.165) is 24.4 Å². The van der Waals surface area contributed by atoms with E-state index in [0.29, 0.717) is 6.07 Å². The fraction of sp³-hybridized carbons (Fsp3) is 0.409. The van der Waals surface area contributed by atoms with Gasteiger partial charge in [0.25, 0.3) is 5.91 Å². The average Bonchev–Trinajstić information content (AvgIpc) is 2.65. The summed E-state index contributed by atoms with van der Waals surface area (Å²) in [5.74, 6) is -4.54. The molecule has 3 aliphatic carbocycles. The molecule has 2 aromatic rings. The van der Waals surface area contributed by atoms with E-state index < -0.39 is 58.4 Å². The molecule has 3 fully saturated rings. The Morgan fingerprint density at radius 2 is 1.71 bits per heavy atom. The number of carbonyl (C=O) groups excluding carboxylic acids is 2. The number of hydrogen-bond acceptors (Lipinski definition) is 4. The second-order valence-corrected chi connectivity index (χ2v) is 9.06. The Kier molecular flexibility index (Phi) is 5.52. The van der Waals surface area contributed by atoms with Crippen LogP contribution in [0.15, 0.2) is 30.5 Å². The van der Waals surface area contributed by atoms with Crippen LogP contribution in [0.2, 0.25) is 0 Å². The van der Waals surface area contributed by atoms with Crippen molar-refractivity contribution in [3.63, 3.8) is 0 Å². The SMILES string of the molecule is C[C@H](NC(=O)C(NC(=O)c1cc(F)ccc1N)C12CC(C(F)(F)F)(C1)C2)c1ncc(F)cc1F. The van der Waals surface area contributed by atoms with Crippen molar-refractivity contribution >= 4 is 17.5 Å². The van der Waals surface area contributed by atoms with Gasteiger partial charge >= 0.3 is 6.18 Å². The van der Waals surface area contributed by atoms with Crippen LogP contribution < -0.4 is 16.4 Å². The van der Waals surface area contributed by atoms with Crippen molar-refractivity contribution in [1.82, 2.24) is 15.6 Å². The molecule has 1 unspecified atom stereocenters. The largest absolute Gasteiger partial charge is 0.398 e. The highest BCUT2D eigenvalue weighted by Crippen LogP contribution is 2.79. The standard InChI is InChI=1S/C22H20F6N4O2/c1-10(16-14(25)5-12(24)6-30-16)31-19(34)17(20-7-21(8-20,9-20)22(26,27)28)32-18(33)13-4-11(23)2-3-15(13)29/h2-6,10,17H,7-9,29H2,1H3,(H,31,34)(H,32,33)/t10-,17?,20?,21?/m0/s1. The molecule has 34 heavy (non-hydrogen) atoms. The minimum Gasteiger partial charge on any atom is -0.398 e. The number of nitrogen functional groups attached to an aromatic ring is 1. The number of nitrogens with zero attached hydrogens (tertiary/aromatic N) is 1. The molecular weight excluding hydrogens is 466 g/mol. The van der Waals surface area contributed by atoms with Crippen molar-refractivity contribution in [2.24, 2.45) is 10.8 Å². The summed E-state index contributed by atoms with van der Waals surface area (Å²) in [6, 6.07) is 1.07. The molecule has 6 nitrogen and oxygen atoms in total. The Balaban J connectivity index is 1.57. The first kappa shape index (κ1) is 23.8. The summed E-state index contributed by atoms with van der Waals surface area (Å²) in [6.07, 6.45) is -4.84. The maximum atomic E-state index is 14.1. The monoisotopic (exact) mass is 486 g/mol. The topological polar surface area (TPSA) is 97.1 Å².